The van der Waals surface area contributed by atoms with Crippen LogP contribution >= 0.6 is 0 Å². The second-order valence-corrected chi connectivity index (χ2v) is 3.51. The monoisotopic (exact) mass is 225 g/mol. The number of aliphatic hydroxyl groups is 2. The summed E-state index contributed by atoms with van der Waals surface area (Å²) >= 11 is -0.611. The van der Waals surface area contributed by atoms with Crippen LogP contribution in [-0.2, 0) is 15.9 Å². The lowest BCUT2D eigenvalue weighted by atomic mass is 10.7. The average molecular weight is 225 g/mol. The van der Waals surface area contributed by atoms with Gasteiger partial charge in [-0.25, -0.2) is 0 Å². The number of hydrogen-bond acceptors (Lipinski definition) is 5. The molecule has 0 rings (SSSR count). The Morgan fingerprint density at radius 3 is 1.64 bits per heavy atom. The Balaban J connectivity index is -0.000000147. The fraction of sp³-hybridized carbons (Fsp3) is 0.875. The van der Waals surface area contributed by atoms with Crippen molar-refractivity contribution in [3.05, 3.63) is 0 Å². The van der Waals surface area contributed by atoms with Crippen LogP contribution in [0.5, 0.6) is 0 Å². The van der Waals surface area contributed by atoms with E-state index in [0.717, 1.165) is 0 Å². The minimum absolute atomic E-state index is 0.0278. The Morgan fingerprint density at radius 1 is 1.29 bits per heavy atom. The molecule has 0 saturated heterocycles. The summed E-state index contributed by atoms with van der Waals surface area (Å²) in [5, 5.41) is 23.5. The molecule has 0 aromatic carbocycles. The van der Waals surface area contributed by atoms with Crippen molar-refractivity contribution in [3.63, 3.8) is 0 Å². The summed E-state index contributed by atoms with van der Waals surface area (Å²) in [7, 11) is 0. The van der Waals surface area contributed by atoms with Crippen molar-refractivity contribution in [3.8, 4) is 6.07 Å². The third-order valence-corrected chi connectivity index (χ3v) is 0.471. The molecule has 86 valence electrons. The number of nitriles is 1. The highest BCUT2D eigenvalue weighted by molar-refractivity contribution is 7.89. The summed E-state index contributed by atoms with van der Waals surface area (Å²) in [6.45, 7) is 2.13. The van der Waals surface area contributed by atoms with E-state index in [1.54, 1.807) is 18.6 Å². The maximum absolute atomic E-state index is 9.56. The zero-order chi connectivity index (χ0) is 11.8. The molecule has 0 unspecified atom stereocenters. The Morgan fingerprint density at radius 2 is 1.50 bits per heavy atom. The van der Waals surface area contributed by atoms with E-state index in [9.17, 15) is 4.55 Å². The van der Waals surface area contributed by atoms with Gasteiger partial charge in [0.2, 0.25) is 0 Å². The SMILES string of the molecule is CC#N.C[S+](C)[O-].OCCOCCO. The van der Waals surface area contributed by atoms with Gasteiger partial charge < -0.3 is 19.5 Å². The number of rotatable bonds is 4. The van der Waals surface area contributed by atoms with E-state index in [1.807, 2.05) is 0 Å². The molecule has 0 aliphatic carbocycles. The first-order valence-corrected chi connectivity index (χ1v) is 5.88. The highest BCUT2D eigenvalue weighted by Crippen LogP contribution is 1.68. The molecule has 0 heterocycles. The first-order chi connectivity index (χ1) is 6.56. The second-order valence-electron chi connectivity index (χ2n) is 2.02. The van der Waals surface area contributed by atoms with Crippen molar-refractivity contribution in [2.75, 3.05) is 38.9 Å². The molecule has 0 aliphatic heterocycles. The van der Waals surface area contributed by atoms with Crippen molar-refractivity contribution in [2.45, 2.75) is 6.92 Å². The summed E-state index contributed by atoms with van der Waals surface area (Å²) in [5.41, 5.74) is 0. The predicted molar refractivity (Wildman–Crippen MR) is 56.3 cm³/mol. The van der Waals surface area contributed by atoms with E-state index < -0.39 is 11.2 Å². The van der Waals surface area contributed by atoms with Gasteiger partial charge in [-0.2, -0.15) is 5.26 Å². The molecule has 2 N–H and O–H groups in total. The number of hydrogen-bond donors (Lipinski definition) is 2. The van der Waals surface area contributed by atoms with Gasteiger partial charge in [0.25, 0.3) is 0 Å². The lowest BCUT2D eigenvalue weighted by Crippen LogP contribution is -2.03. The van der Waals surface area contributed by atoms with Gasteiger partial charge in [-0.1, -0.05) is 11.2 Å². The Hall–Kier alpha value is -0.320. The highest BCUT2D eigenvalue weighted by atomic mass is 32.2. The first kappa shape index (κ1) is 19.3. The third-order valence-electron chi connectivity index (χ3n) is 0.471. The van der Waals surface area contributed by atoms with Crippen molar-refractivity contribution in [1.82, 2.24) is 0 Å². The van der Waals surface area contributed by atoms with E-state index >= 15 is 0 Å². The number of aliphatic hydroxyl groups excluding tert-OH is 2. The van der Waals surface area contributed by atoms with Crippen LogP contribution in [0.25, 0.3) is 0 Å². The molecule has 0 aromatic rings. The smallest absolute Gasteiger partial charge is 0.0946 e. The minimum atomic E-state index is -0.611. The summed E-state index contributed by atoms with van der Waals surface area (Å²) in [4.78, 5) is 0. The molecular weight excluding hydrogens is 206 g/mol. The van der Waals surface area contributed by atoms with Crippen LogP contribution in [0.1, 0.15) is 6.92 Å². The molecule has 14 heavy (non-hydrogen) atoms. The molecule has 0 aliphatic rings. The van der Waals surface area contributed by atoms with Gasteiger partial charge in [0.05, 0.1) is 45.0 Å². The summed E-state index contributed by atoms with van der Waals surface area (Å²) < 4.78 is 14.2. The average Bonchev–Trinajstić information content (AvgIpc) is 2.06. The minimum Gasteiger partial charge on any atom is -0.617 e. The Bertz CT molecular complexity index is 110. The quantitative estimate of drug-likeness (QED) is 0.497. The lowest BCUT2D eigenvalue weighted by Gasteiger charge is -1.94. The van der Waals surface area contributed by atoms with Gasteiger partial charge in [-0.15, -0.1) is 0 Å². The van der Waals surface area contributed by atoms with E-state index in [-0.39, 0.29) is 13.2 Å². The van der Waals surface area contributed by atoms with Gasteiger partial charge >= 0.3 is 0 Å². The van der Waals surface area contributed by atoms with E-state index in [2.05, 4.69) is 4.74 Å². The largest absolute Gasteiger partial charge is 0.617 e. The van der Waals surface area contributed by atoms with Crippen LogP contribution in [0.4, 0.5) is 0 Å². The third kappa shape index (κ3) is 98.4. The molecule has 0 fully saturated rings. The molecular formula is C8H19NO4S. The summed E-state index contributed by atoms with van der Waals surface area (Å²) in [5.74, 6) is 0. The van der Waals surface area contributed by atoms with Crippen molar-refractivity contribution >= 4 is 11.2 Å². The van der Waals surface area contributed by atoms with Crippen molar-refractivity contribution in [2.24, 2.45) is 0 Å². The van der Waals surface area contributed by atoms with E-state index in [0.29, 0.717) is 13.2 Å². The standard InChI is InChI=1S/C4H10O3.C2H3N.C2H6OS/c5-1-3-7-4-2-6;1-2-3;1-4(2)3/h5-6H,1-4H2;1H3;1-2H3. The molecule has 0 radical (unpaired) electrons. The molecule has 0 atom stereocenters. The molecule has 0 amide bonds. The molecule has 5 nitrogen and oxygen atoms in total. The van der Waals surface area contributed by atoms with Gasteiger partial charge in [0.15, 0.2) is 0 Å². The topological polar surface area (TPSA) is 96.5 Å². The fourth-order valence-corrected chi connectivity index (χ4v) is 0.231. The zero-order valence-corrected chi connectivity index (χ0v) is 9.71. The number of nitrogens with zero attached hydrogens (tertiary/aromatic N) is 1. The van der Waals surface area contributed by atoms with Crippen LogP contribution in [0, 0.1) is 11.3 Å². The van der Waals surface area contributed by atoms with Crippen molar-refractivity contribution in [1.29, 1.82) is 5.26 Å². The maximum atomic E-state index is 9.56. The molecule has 6 heteroatoms. The fourth-order valence-electron chi connectivity index (χ4n) is 0.231. The normalized spacial score (nSPS) is 7.86. The van der Waals surface area contributed by atoms with E-state index in [1.165, 1.54) is 6.92 Å². The van der Waals surface area contributed by atoms with Crippen LogP contribution in [0.3, 0.4) is 0 Å². The molecule has 0 spiro atoms. The summed E-state index contributed by atoms with van der Waals surface area (Å²) in [6.07, 6.45) is 3.28. The van der Waals surface area contributed by atoms with Gasteiger partial charge in [0.1, 0.15) is 0 Å². The van der Waals surface area contributed by atoms with E-state index in [4.69, 9.17) is 15.5 Å². The van der Waals surface area contributed by atoms with Crippen LogP contribution in [-0.4, -0.2) is 53.7 Å². The maximum Gasteiger partial charge on any atom is 0.0946 e. The first-order valence-electron chi connectivity index (χ1n) is 3.92. The van der Waals surface area contributed by atoms with Crippen LogP contribution < -0.4 is 0 Å². The van der Waals surface area contributed by atoms with Crippen molar-refractivity contribution < 1.29 is 19.5 Å². The molecule has 0 bridgehead atoms. The predicted octanol–water partition coefficient (Wildman–Crippen LogP) is -0.488. The molecule has 0 aromatic heterocycles. The molecule has 0 saturated carbocycles. The van der Waals surface area contributed by atoms with Crippen LogP contribution in [0.15, 0.2) is 0 Å². The second kappa shape index (κ2) is 23.0. The zero-order valence-electron chi connectivity index (χ0n) is 8.89. The Labute approximate surface area is 88.5 Å². The van der Waals surface area contributed by atoms with Crippen LogP contribution in [0.2, 0.25) is 0 Å². The number of ether oxygens (including phenoxy) is 1. The summed E-state index contributed by atoms with van der Waals surface area (Å²) in [6, 6.07) is 1.75. The Kier molecular flexibility index (Phi) is 31.6. The van der Waals surface area contributed by atoms with Gasteiger partial charge in [-0.05, 0) is 0 Å². The van der Waals surface area contributed by atoms with Gasteiger partial charge in [-0.3, -0.25) is 0 Å². The lowest BCUT2D eigenvalue weighted by molar-refractivity contribution is 0.0650. The highest BCUT2D eigenvalue weighted by Gasteiger charge is 1.79. The van der Waals surface area contributed by atoms with Gasteiger partial charge in [0, 0.05) is 6.92 Å².